The third kappa shape index (κ3) is 6.36. The molecular formula is C23H31ClFN4O+. The first kappa shape index (κ1) is 24.0. The van der Waals surface area contributed by atoms with Crippen LogP contribution in [0.4, 0.5) is 21.5 Å². The Morgan fingerprint density at radius 2 is 1.83 bits per heavy atom. The van der Waals surface area contributed by atoms with Crippen molar-refractivity contribution in [3.8, 4) is 0 Å². The highest BCUT2D eigenvalue weighted by Gasteiger charge is 2.27. The van der Waals surface area contributed by atoms with Gasteiger partial charge in [0, 0.05) is 31.0 Å². The van der Waals surface area contributed by atoms with E-state index < -0.39 is 0 Å². The van der Waals surface area contributed by atoms with Crippen LogP contribution in [-0.2, 0) is 11.3 Å². The maximum absolute atomic E-state index is 13.7. The maximum Gasteiger partial charge on any atom is 0.205 e. The van der Waals surface area contributed by atoms with Crippen LogP contribution in [0.3, 0.4) is 0 Å². The van der Waals surface area contributed by atoms with E-state index in [-0.39, 0.29) is 5.82 Å². The third-order valence-electron chi connectivity index (χ3n) is 5.58. The number of nitrogens with two attached hydrogens (primary N) is 2. The van der Waals surface area contributed by atoms with E-state index in [9.17, 15) is 4.39 Å². The molecule has 0 saturated heterocycles. The number of benzene rings is 2. The molecule has 0 radical (unpaired) electrons. The van der Waals surface area contributed by atoms with Crippen molar-refractivity contribution >= 4 is 41.3 Å². The summed E-state index contributed by atoms with van der Waals surface area (Å²) in [5.74, 6) is 1.70. The predicted molar refractivity (Wildman–Crippen MR) is 122 cm³/mol. The van der Waals surface area contributed by atoms with Crippen LogP contribution in [0.1, 0.15) is 37.7 Å². The zero-order valence-electron chi connectivity index (χ0n) is 17.4. The molecule has 0 aromatic heterocycles. The molecule has 2 aliphatic rings. The zero-order chi connectivity index (χ0) is 21.9. The van der Waals surface area contributed by atoms with E-state index in [0.717, 1.165) is 47.7 Å². The van der Waals surface area contributed by atoms with E-state index in [1.54, 1.807) is 6.07 Å². The molecule has 4 rings (SSSR count). The quantitative estimate of drug-likeness (QED) is 0.491. The van der Waals surface area contributed by atoms with Gasteiger partial charge in [0.1, 0.15) is 18.3 Å². The van der Waals surface area contributed by atoms with Gasteiger partial charge in [0.25, 0.3) is 0 Å². The summed E-state index contributed by atoms with van der Waals surface area (Å²) in [5.41, 5.74) is 9.67. The average Bonchev–Trinajstić information content (AvgIpc) is 3.21. The smallest absolute Gasteiger partial charge is 0.205 e. The summed E-state index contributed by atoms with van der Waals surface area (Å²) < 4.78 is 13.7. The minimum absolute atomic E-state index is 0.123. The fourth-order valence-corrected chi connectivity index (χ4v) is 4.05. The Balaban J connectivity index is 0.000000757. The van der Waals surface area contributed by atoms with Crippen molar-refractivity contribution in [1.29, 1.82) is 0 Å². The van der Waals surface area contributed by atoms with Gasteiger partial charge < -0.3 is 15.8 Å². The Labute approximate surface area is 182 Å². The summed E-state index contributed by atoms with van der Waals surface area (Å²) in [6.45, 7) is 2.61. The molecule has 1 aliphatic carbocycles. The van der Waals surface area contributed by atoms with Crippen LogP contribution >= 0.6 is 11.6 Å². The number of para-hydroxylation sites is 1. The maximum atomic E-state index is 13.7. The van der Waals surface area contributed by atoms with E-state index in [0.29, 0.717) is 18.5 Å². The highest BCUT2D eigenvalue weighted by molar-refractivity contribution is 6.15. The standard InChI is InChI=1S/C21H25FN4.CH3Cl.CH2O/c22-17-5-2-1-4-15(17)13-24-16-10-8-14(9-11-16)12-20-25-19-7-3-6-18(23)21(19)26-20;2*1-2/h1-7,14,16,24H,8-13,23H2,(H,25,26);1H3;1H2/p+1. The number of quaternary nitrogens is 1. The van der Waals surface area contributed by atoms with E-state index in [1.165, 1.54) is 25.3 Å². The Morgan fingerprint density at radius 1 is 1.13 bits per heavy atom. The molecule has 1 fully saturated rings. The molecule has 1 heterocycles. The molecule has 162 valence electrons. The molecule has 2 aromatic rings. The van der Waals surface area contributed by atoms with Crippen molar-refractivity contribution in [3.05, 3.63) is 53.8 Å². The first-order valence-electron chi connectivity index (χ1n) is 10.1. The number of amidine groups is 1. The van der Waals surface area contributed by atoms with Crippen molar-refractivity contribution < 1.29 is 14.5 Å². The number of rotatable bonds is 5. The van der Waals surface area contributed by atoms with Crippen molar-refractivity contribution in [2.75, 3.05) is 12.1 Å². The van der Waals surface area contributed by atoms with Gasteiger partial charge in [-0.2, -0.15) is 4.99 Å². The highest BCUT2D eigenvalue weighted by Crippen LogP contribution is 2.32. The average molecular weight is 434 g/mol. The largest absolute Gasteiger partial charge is 0.394 e. The number of nitrogen functional groups attached to an aromatic ring is 1. The van der Waals surface area contributed by atoms with Crippen molar-refractivity contribution in [2.24, 2.45) is 10.9 Å². The molecule has 0 atom stereocenters. The molecule has 5 nitrogen and oxygen atoms in total. The lowest BCUT2D eigenvalue weighted by molar-refractivity contribution is -0.440. The van der Waals surface area contributed by atoms with Gasteiger partial charge in [-0.05, 0) is 49.8 Å². The summed E-state index contributed by atoms with van der Waals surface area (Å²) in [4.78, 5) is 12.7. The number of hydrogen-bond donors (Lipinski definition) is 3. The zero-order valence-corrected chi connectivity index (χ0v) is 18.2. The van der Waals surface area contributed by atoms with Gasteiger partial charge >= 0.3 is 0 Å². The van der Waals surface area contributed by atoms with E-state index in [2.05, 4.69) is 22.2 Å². The second-order valence-corrected chi connectivity index (χ2v) is 7.42. The van der Waals surface area contributed by atoms with Crippen molar-refractivity contribution in [1.82, 2.24) is 5.32 Å². The van der Waals surface area contributed by atoms with Crippen LogP contribution in [0, 0.1) is 11.7 Å². The van der Waals surface area contributed by atoms with Gasteiger partial charge in [0.2, 0.25) is 5.84 Å². The number of hydrogen-bond acceptors (Lipinski definition) is 4. The number of carbonyl (C=O) groups excluding carboxylic acids is 1. The first-order chi connectivity index (χ1) is 14.7. The second-order valence-electron chi connectivity index (χ2n) is 7.42. The van der Waals surface area contributed by atoms with Gasteiger partial charge in [-0.3, -0.25) is 5.32 Å². The van der Waals surface area contributed by atoms with Gasteiger partial charge in [-0.15, -0.1) is 11.6 Å². The van der Waals surface area contributed by atoms with Crippen LogP contribution in [0.15, 0.2) is 47.5 Å². The molecule has 1 saturated carbocycles. The summed E-state index contributed by atoms with van der Waals surface area (Å²) in [5, 5.41) is 5.67. The fraction of sp³-hybridized carbons (Fsp3) is 0.391. The molecule has 2 aromatic carbocycles. The molecule has 0 amide bonds. The number of nitrogens with one attached hydrogen (secondary N) is 1. The van der Waals surface area contributed by atoms with Crippen LogP contribution < -0.4 is 16.4 Å². The Morgan fingerprint density at radius 3 is 2.50 bits per heavy atom. The van der Waals surface area contributed by atoms with Gasteiger partial charge in [0.15, 0.2) is 5.69 Å². The summed E-state index contributed by atoms with van der Waals surface area (Å²) in [7, 11) is 0. The minimum atomic E-state index is -0.123. The monoisotopic (exact) mass is 433 g/mol. The van der Waals surface area contributed by atoms with Gasteiger partial charge in [-0.1, -0.05) is 24.3 Å². The molecule has 0 spiro atoms. The summed E-state index contributed by atoms with van der Waals surface area (Å²) >= 11 is 4.64. The lowest BCUT2D eigenvalue weighted by Gasteiger charge is -2.28. The van der Waals surface area contributed by atoms with Gasteiger partial charge in [0.05, 0.1) is 5.69 Å². The number of anilines is 1. The lowest BCUT2D eigenvalue weighted by Crippen LogP contribution is -2.81. The van der Waals surface area contributed by atoms with Crippen LogP contribution in [0.5, 0.6) is 0 Å². The van der Waals surface area contributed by atoms with Crippen LogP contribution in [-0.4, -0.2) is 25.0 Å². The lowest BCUT2D eigenvalue weighted by atomic mass is 9.84. The molecular weight excluding hydrogens is 403 g/mol. The SMILES string of the molecule is C=O.CCl.Nc1cccc2c1[NH2+]C(CC1CCC(NCc3ccccc3F)CC1)=N2. The van der Waals surface area contributed by atoms with Gasteiger partial charge in [-0.25, -0.2) is 4.39 Å². The van der Waals surface area contributed by atoms with E-state index in [1.807, 2.05) is 37.1 Å². The Hall–Kier alpha value is -2.28. The first-order valence-corrected chi connectivity index (χ1v) is 10.9. The topological polar surface area (TPSA) is 84.1 Å². The molecule has 0 unspecified atom stereocenters. The van der Waals surface area contributed by atoms with Crippen LogP contribution in [0.25, 0.3) is 0 Å². The predicted octanol–water partition coefficient (Wildman–Crippen LogP) is 4.06. The van der Waals surface area contributed by atoms with Crippen LogP contribution in [0.2, 0.25) is 0 Å². The molecule has 0 bridgehead atoms. The summed E-state index contributed by atoms with van der Waals surface area (Å²) in [6.07, 6.45) is 7.15. The number of fused-ring (bicyclic) bond motifs is 1. The van der Waals surface area contributed by atoms with Crippen molar-refractivity contribution in [3.63, 3.8) is 0 Å². The van der Waals surface area contributed by atoms with E-state index >= 15 is 0 Å². The number of halogens is 2. The third-order valence-corrected chi connectivity index (χ3v) is 5.58. The normalized spacial score (nSPS) is 19.5. The second kappa shape index (κ2) is 12.4. The fourth-order valence-electron chi connectivity index (χ4n) is 4.05. The Bertz CT molecular complexity index is 838. The number of carbonyl (C=O) groups is 1. The van der Waals surface area contributed by atoms with Crippen molar-refractivity contribution in [2.45, 2.75) is 44.7 Å². The minimum Gasteiger partial charge on any atom is -0.394 e. The molecule has 30 heavy (non-hydrogen) atoms. The number of alkyl halides is 1. The number of nitrogens with zero attached hydrogens (tertiary/aromatic N) is 1. The molecule has 7 heteroatoms. The van der Waals surface area contributed by atoms with E-state index in [4.69, 9.17) is 15.5 Å². The molecule has 5 N–H and O–H groups in total. The highest BCUT2D eigenvalue weighted by atomic mass is 35.5. The molecule has 1 aliphatic heterocycles. The Kier molecular flexibility index (Phi) is 9.94. The number of aliphatic imine (C=N–C) groups is 1. The summed E-state index contributed by atoms with van der Waals surface area (Å²) in [6, 6.07) is 13.4.